The van der Waals surface area contributed by atoms with Crippen LogP contribution in [0.4, 0.5) is 13.2 Å². The largest absolute Gasteiger partial charge is 0.401 e. The van der Waals surface area contributed by atoms with Gasteiger partial charge in [0.15, 0.2) is 0 Å². The van der Waals surface area contributed by atoms with E-state index >= 15 is 0 Å². The van der Waals surface area contributed by atoms with Gasteiger partial charge in [0.2, 0.25) is 0 Å². The Bertz CT molecular complexity index is 309. The van der Waals surface area contributed by atoms with Crippen molar-refractivity contribution in [2.24, 2.45) is 0 Å². The molecular weight excluding hydrogens is 225 g/mol. The first kappa shape index (κ1) is 12.4. The molecule has 6 heteroatoms. The fraction of sp³-hybridized carbons (Fsp3) is 0.667. The second kappa shape index (κ2) is 4.94. The van der Waals surface area contributed by atoms with Gasteiger partial charge < -0.3 is 0 Å². The number of rotatable bonds is 4. The first-order valence-corrected chi connectivity index (χ1v) is 5.52. The van der Waals surface area contributed by atoms with Crippen LogP contribution in [0.5, 0.6) is 0 Å². The lowest BCUT2D eigenvalue weighted by Gasteiger charge is -2.15. The summed E-state index contributed by atoms with van der Waals surface area (Å²) in [6, 6.07) is -0.301. The van der Waals surface area contributed by atoms with E-state index < -0.39 is 12.7 Å². The lowest BCUT2D eigenvalue weighted by Crippen LogP contribution is -2.31. The molecular formula is C9H13F3N2S. The summed E-state index contributed by atoms with van der Waals surface area (Å²) in [6.45, 7) is 2.70. The van der Waals surface area contributed by atoms with Crippen molar-refractivity contribution in [3.05, 3.63) is 16.1 Å². The van der Waals surface area contributed by atoms with Gasteiger partial charge in [0.25, 0.3) is 0 Å². The Hall–Kier alpha value is -0.620. The first-order valence-electron chi connectivity index (χ1n) is 4.64. The standard InChI is InChI=1S/C9H13F3N2S/c1-3-7(13-5-9(10,11)12)8-14-6(2)4-15-8/h4,7,13H,3,5H2,1-2H3/t7-/m0/s1. The second-order valence-corrected chi connectivity index (χ2v) is 4.17. The Labute approximate surface area is 90.5 Å². The predicted octanol–water partition coefficient (Wildman–Crippen LogP) is 3.05. The molecule has 0 radical (unpaired) electrons. The molecule has 0 bridgehead atoms. The Morgan fingerprint density at radius 1 is 1.53 bits per heavy atom. The molecule has 1 rings (SSSR count). The van der Waals surface area contributed by atoms with E-state index in [2.05, 4.69) is 10.3 Å². The topological polar surface area (TPSA) is 24.9 Å². The molecule has 0 fully saturated rings. The fourth-order valence-electron chi connectivity index (χ4n) is 1.18. The molecule has 86 valence electrons. The van der Waals surface area contributed by atoms with Gasteiger partial charge in [0, 0.05) is 11.1 Å². The number of nitrogens with one attached hydrogen (secondary N) is 1. The molecule has 0 aliphatic heterocycles. The zero-order valence-corrected chi connectivity index (χ0v) is 9.37. The lowest BCUT2D eigenvalue weighted by molar-refractivity contribution is -0.126. The lowest BCUT2D eigenvalue weighted by atomic mass is 10.2. The van der Waals surface area contributed by atoms with Crippen molar-refractivity contribution in [3.63, 3.8) is 0 Å². The molecule has 0 aliphatic carbocycles. The molecule has 0 aliphatic rings. The zero-order valence-electron chi connectivity index (χ0n) is 8.56. The molecule has 0 spiro atoms. The second-order valence-electron chi connectivity index (χ2n) is 3.28. The Morgan fingerprint density at radius 3 is 2.60 bits per heavy atom. The van der Waals surface area contributed by atoms with Crippen LogP contribution in [0.2, 0.25) is 0 Å². The first-order chi connectivity index (χ1) is 6.92. The smallest absolute Gasteiger partial charge is 0.300 e. The quantitative estimate of drug-likeness (QED) is 0.872. The summed E-state index contributed by atoms with van der Waals surface area (Å²) in [4.78, 5) is 4.17. The summed E-state index contributed by atoms with van der Waals surface area (Å²) in [7, 11) is 0. The summed E-state index contributed by atoms with van der Waals surface area (Å²) in [5.74, 6) is 0. The molecule has 1 aromatic rings. The third kappa shape index (κ3) is 4.17. The maximum atomic E-state index is 12.0. The monoisotopic (exact) mass is 238 g/mol. The van der Waals surface area contributed by atoms with Crippen molar-refractivity contribution in [3.8, 4) is 0 Å². The van der Waals surface area contributed by atoms with E-state index in [0.717, 1.165) is 10.7 Å². The highest BCUT2D eigenvalue weighted by atomic mass is 32.1. The van der Waals surface area contributed by atoms with Gasteiger partial charge in [-0.1, -0.05) is 6.92 Å². The Morgan fingerprint density at radius 2 is 2.20 bits per heavy atom. The van der Waals surface area contributed by atoms with Gasteiger partial charge in [0.05, 0.1) is 12.6 Å². The highest BCUT2D eigenvalue weighted by Crippen LogP contribution is 2.22. The molecule has 0 aromatic carbocycles. The number of hydrogen-bond acceptors (Lipinski definition) is 3. The highest BCUT2D eigenvalue weighted by Gasteiger charge is 2.28. The summed E-state index contributed by atoms with van der Waals surface area (Å²) in [5, 5.41) is 5.02. The van der Waals surface area contributed by atoms with Crippen LogP contribution in [-0.2, 0) is 0 Å². The van der Waals surface area contributed by atoms with Gasteiger partial charge in [-0.15, -0.1) is 11.3 Å². The molecule has 0 saturated carbocycles. The van der Waals surface area contributed by atoms with Crippen LogP contribution in [-0.4, -0.2) is 17.7 Å². The number of nitrogens with zero attached hydrogens (tertiary/aromatic N) is 1. The highest BCUT2D eigenvalue weighted by molar-refractivity contribution is 7.09. The third-order valence-electron chi connectivity index (χ3n) is 1.89. The van der Waals surface area contributed by atoms with Crippen molar-refractivity contribution >= 4 is 11.3 Å². The van der Waals surface area contributed by atoms with Crippen molar-refractivity contribution in [1.29, 1.82) is 0 Å². The predicted molar refractivity (Wildman–Crippen MR) is 53.9 cm³/mol. The molecule has 0 unspecified atom stereocenters. The zero-order chi connectivity index (χ0) is 11.5. The average molecular weight is 238 g/mol. The van der Waals surface area contributed by atoms with Crippen molar-refractivity contribution < 1.29 is 13.2 Å². The van der Waals surface area contributed by atoms with E-state index in [4.69, 9.17) is 0 Å². The van der Waals surface area contributed by atoms with E-state index in [-0.39, 0.29) is 6.04 Å². The molecule has 1 atom stereocenters. The minimum absolute atomic E-state index is 0.301. The molecule has 1 N–H and O–H groups in total. The third-order valence-corrected chi connectivity index (χ3v) is 2.97. The average Bonchev–Trinajstić information content (AvgIpc) is 2.51. The summed E-state index contributed by atoms with van der Waals surface area (Å²) < 4.78 is 36.0. The molecule has 0 saturated heterocycles. The summed E-state index contributed by atoms with van der Waals surface area (Å²) in [5.41, 5.74) is 0.849. The van der Waals surface area contributed by atoms with Crippen LogP contribution in [0.25, 0.3) is 0 Å². The molecule has 1 heterocycles. The van der Waals surface area contributed by atoms with E-state index in [9.17, 15) is 13.2 Å². The van der Waals surface area contributed by atoms with E-state index in [1.807, 2.05) is 19.2 Å². The SMILES string of the molecule is CC[C@H](NCC(F)(F)F)c1nc(C)cs1. The number of aryl methyl sites for hydroxylation is 1. The molecule has 2 nitrogen and oxygen atoms in total. The van der Waals surface area contributed by atoms with Gasteiger partial charge in [-0.3, -0.25) is 5.32 Å². The van der Waals surface area contributed by atoms with Crippen molar-refractivity contribution in [1.82, 2.24) is 10.3 Å². The van der Waals surface area contributed by atoms with Crippen LogP contribution >= 0.6 is 11.3 Å². The number of thiazole rings is 1. The minimum Gasteiger partial charge on any atom is -0.300 e. The van der Waals surface area contributed by atoms with E-state index in [1.165, 1.54) is 11.3 Å². The van der Waals surface area contributed by atoms with E-state index in [1.54, 1.807) is 0 Å². The number of hydrogen-bond donors (Lipinski definition) is 1. The van der Waals surface area contributed by atoms with Crippen LogP contribution in [0.3, 0.4) is 0 Å². The maximum Gasteiger partial charge on any atom is 0.401 e. The van der Waals surface area contributed by atoms with E-state index in [0.29, 0.717) is 6.42 Å². The van der Waals surface area contributed by atoms with Crippen molar-refractivity contribution in [2.75, 3.05) is 6.54 Å². The molecule has 0 amide bonds. The number of halogens is 3. The molecule has 1 aromatic heterocycles. The normalized spacial score (nSPS) is 14.2. The Balaban J connectivity index is 2.57. The van der Waals surface area contributed by atoms with Crippen molar-refractivity contribution in [2.45, 2.75) is 32.5 Å². The van der Waals surface area contributed by atoms with Gasteiger partial charge >= 0.3 is 6.18 Å². The number of alkyl halides is 3. The van der Waals surface area contributed by atoms with Crippen LogP contribution < -0.4 is 5.32 Å². The summed E-state index contributed by atoms with van der Waals surface area (Å²) >= 11 is 1.39. The van der Waals surface area contributed by atoms with Crippen LogP contribution in [0.15, 0.2) is 5.38 Å². The van der Waals surface area contributed by atoms with Gasteiger partial charge in [-0.05, 0) is 13.3 Å². The van der Waals surface area contributed by atoms with Crippen LogP contribution in [0.1, 0.15) is 30.1 Å². The molecule has 15 heavy (non-hydrogen) atoms. The fourth-order valence-corrected chi connectivity index (χ4v) is 2.13. The van der Waals surface area contributed by atoms with Gasteiger partial charge in [0.1, 0.15) is 5.01 Å². The van der Waals surface area contributed by atoms with Gasteiger partial charge in [-0.25, -0.2) is 4.98 Å². The van der Waals surface area contributed by atoms with Gasteiger partial charge in [-0.2, -0.15) is 13.2 Å². The Kier molecular flexibility index (Phi) is 4.10. The maximum absolute atomic E-state index is 12.0. The number of aromatic nitrogens is 1. The minimum atomic E-state index is -4.17. The summed E-state index contributed by atoms with van der Waals surface area (Å²) in [6.07, 6.45) is -3.57. The van der Waals surface area contributed by atoms with Crippen LogP contribution in [0, 0.1) is 6.92 Å².